The van der Waals surface area contributed by atoms with Crippen molar-refractivity contribution in [3.05, 3.63) is 24.2 Å². The second-order valence-corrected chi connectivity index (χ2v) is 4.00. The van der Waals surface area contributed by atoms with E-state index < -0.39 is 23.5 Å². The lowest BCUT2D eigenvalue weighted by molar-refractivity contribution is -0.146. The number of anilines is 1. The average molecular weight is 310 g/mol. The molecule has 2 amide bonds. The molecule has 1 heterocycles. The van der Waals surface area contributed by atoms with Crippen molar-refractivity contribution in [2.45, 2.75) is 13.8 Å². The van der Waals surface area contributed by atoms with Gasteiger partial charge >= 0.3 is 18.0 Å². The number of aromatic nitrogens is 2. The zero-order valence-electron chi connectivity index (χ0n) is 12.6. The molecule has 0 aromatic carbocycles. The van der Waals surface area contributed by atoms with Gasteiger partial charge in [-0.1, -0.05) is 0 Å². The fraction of sp³-hybridized carbons (Fsp3) is 0.385. The molecule has 1 rings (SSSR count). The van der Waals surface area contributed by atoms with Gasteiger partial charge in [0.05, 0.1) is 25.1 Å². The molecule has 0 saturated heterocycles. The number of urea groups is 1. The summed E-state index contributed by atoms with van der Waals surface area (Å²) in [4.78, 5) is 35.0. The maximum Gasteiger partial charge on any atom is 0.347 e. The maximum atomic E-state index is 11.7. The van der Waals surface area contributed by atoms with E-state index in [1.165, 1.54) is 10.9 Å². The Balaban J connectivity index is 2.72. The van der Waals surface area contributed by atoms with Gasteiger partial charge in [-0.05, 0) is 13.8 Å². The molecule has 0 fully saturated rings. The van der Waals surface area contributed by atoms with Crippen LogP contribution in [0.3, 0.4) is 0 Å². The summed E-state index contributed by atoms with van der Waals surface area (Å²) < 4.78 is 11.0. The molecule has 2 N–H and O–H groups in total. The number of hydrogen-bond donors (Lipinski definition) is 2. The van der Waals surface area contributed by atoms with Gasteiger partial charge in [-0.25, -0.2) is 14.4 Å². The van der Waals surface area contributed by atoms with E-state index >= 15 is 0 Å². The highest BCUT2D eigenvalue weighted by Crippen LogP contribution is 2.04. The summed E-state index contributed by atoms with van der Waals surface area (Å²) >= 11 is 0. The van der Waals surface area contributed by atoms with E-state index in [1.807, 2.05) is 0 Å². The lowest BCUT2D eigenvalue weighted by Crippen LogP contribution is -2.27. The maximum absolute atomic E-state index is 11.7. The molecule has 0 unspecified atom stereocenters. The molecule has 0 aliphatic rings. The van der Waals surface area contributed by atoms with Crippen LogP contribution in [0.1, 0.15) is 13.8 Å². The quantitative estimate of drug-likeness (QED) is 0.343. The van der Waals surface area contributed by atoms with Crippen molar-refractivity contribution in [1.82, 2.24) is 15.1 Å². The largest absolute Gasteiger partial charge is 0.462 e. The topological polar surface area (TPSA) is 112 Å². The van der Waals surface area contributed by atoms with Gasteiger partial charge in [0.25, 0.3) is 0 Å². The first-order valence-corrected chi connectivity index (χ1v) is 6.58. The van der Waals surface area contributed by atoms with Gasteiger partial charge in [-0.3, -0.25) is 4.68 Å². The average Bonchev–Trinajstić information content (AvgIpc) is 2.84. The van der Waals surface area contributed by atoms with Gasteiger partial charge in [-0.2, -0.15) is 5.10 Å². The molecule has 1 aromatic heterocycles. The minimum absolute atomic E-state index is 0.0947. The van der Waals surface area contributed by atoms with E-state index in [0.717, 1.165) is 6.20 Å². The summed E-state index contributed by atoms with van der Waals surface area (Å²) in [6, 6.07) is -0.640. The molecule has 0 aliphatic heterocycles. The van der Waals surface area contributed by atoms with Gasteiger partial charge in [-0.15, -0.1) is 0 Å². The van der Waals surface area contributed by atoms with Gasteiger partial charge < -0.3 is 20.1 Å². The second-order valence-electron chi connectivity index (χ2n) is 4.00. The zero-order valence-corrected chi connectivity index (χ0v) is 12.6. The lowest BCUT2D eigenvalue weighted by Gasteiger charge is -2.07. The van der Waals surface area contributed by atoms with Crippen LogP contribution in [0.25, 0.3) is 0 Å². The van der Waals surface area contributed by atoms with Crippen LogP contribution in [0, 0.1) is 0 Å². The van der Waals surface area contributed by atoms with E-state index in [1.54, 1.807) is 27.1 Å². The van der Waals surface area contributed by atoms with Crippen molar-refractivity contribution in [3.8, 4) is 0 Å². The monoisotopic (exact) mass is 310 g/mol. The standard InChI is InChI=1S/C13H18N4O5/c1-4-21-11(18)10(12(19)22-5-2)7-14-13(20)16-9-6-15-17(3)8-9/h6-8H,4-5H2,1-3H3,(H2,14,16,20). The molecular formula is C13H18N4O5. The minimum atomic E-state index is -0.873. The van der Waals surface area contributed by atoms with Crippen LogP contribution < -0.4 is 10.6 Å². The first-order valence-electron chi connectivity index (χ1n) is 6.58. The van der Waals surface area contributed by atoms with Crippen molar-refractivity contribution in [3.63, 3.8) is 0 Å². The number of carbonyl (C=O) groups is 3. The fourth-order valence-corrected chi connectivity index (χ4v) is 1.41. The Hall–Kier alpha value is -2.84. The van der Waals surface area contributed by atoms with Crippen molar-refractivity contribution in [2.75, 3.05) is 18.5 Å². The molecule has 9 heteroatoms. The Morgan fingerprint density at radius 2 is 1.82 bits per heavy atom. The Bertz CT molecular complexity index is 559. The van der Waals surface area contributed by atoms with Crippen LogP contribution in [-0.4, -0.2) is 41.0 Å². The van der Waals surface area contributed by atoms with Crippen molar-refractivity contribution in [1.29, 1.82) is 0 Å². The molecule has 0 bridgehead atoms. The van der Waals surface area contributed by atoms with E-state index in [2.05, 4.69) is 15.7 Å². The summed E-state index contributed by atoms with van der Waals surface area (Å²) in [6.07, 6.45) is 3.98. The highest BCUT2D eigenvalue weighted by Gasteiger charge is 2.21. The Kier molecular flexibility index (Phi) is 6.61. The SMILES string of the molecule is CCOC(=O)C(=CNC(=O)Nc1cnn(C)c1)C(=O)OCC. The van der Waals surface area contributed by atoms with Crippen molar-refractivity contribution >= 4 is 23.7 Å². The molecule has 1 aromatic rings. The predicted molar refractivity (Wildman–Crippen MR) is 76.7 cm³/mol. The van der Waals surface area contributed by atoms with Gasteiger partial charge in [0.2, 0.25) is 0 Å². The molecular weight excluding hydrogens is 292 g/mol. The highest BCUT2D eigenvalue weighted by atomic mass is 16.6. The number of nitrogens with one attached hydrogen (secondary N) is 2. The number of amides is 2. The first kappa shape index (κ1) is 17.2. The normalized spacial score (nSPS) is 9.59. The molecule has 0 radical (unpaired) electrons. The lowest BCUT2D eigenvalue weighted by atomic mass is 10.3. The zero-order chi connectivity index (χ0) is 16.5. The van der Waals surface area contributed by atoms with E-state index in [9.17, 15) is 14.4 Å². The van der Waals surface area contributed by atoms with Crippen LogP contribution in [0.4, 0.5) is 10.5 Å². The number of nitrogens with zero attached hydrogens (tertiary/aromatic N) is 2. The third-order valence-electron chi connectivity index (χ3n) is 2.30. The third kappa shape index (κ3) is 5.27. The van der Waals surface area contributed by atoms with Crippen LogP contribution in [-0.2, 0) is 26.1 Å². The Morgan fingerprint density at radius 1 is 1.23 bits per heavy atom. The van der Waals surface area contributed by atoms with Crippen LogP contribution in [0.2, 0.25) is 0 Å². The van der Waals surface area contributed by atoms with Gasteiger partial charge in [0.15, 0.2) is 5.57 Å². The Labute approximate surface area is 127 Å². The van der Waals surface area contributed by atoms with Gasteiger partial charge in [0.1, 0.15) is 0 Å². The molecule has 0 spiro atoms. The number of carbonyl (C=O) groups excluding carboxylic acids is 3. The highest BCUT2D eigenvalue weighted by molar-refractivity contribution is 6.14. The Morgan fingerprint density at radius 3 is 2.27 bits per heavy atom. The molecule has 0 saturated carbocycles. The molecule has 9 nitrogen and oxygen atoms in total. The van der Waals surface area contributed by atoms with Crippen LogP contribution >= 0.6 is 0 Å². The van der Waals surface area contributed by atoms with E-state index in [0.29, 0.717) is 5.69 Å². The summed E-state index contributed by atoms with van der Waals surface area (Å²) in [5.41, 5.74) is 0.0623. The number of aryl methyl sites for hydroxylation is 1. The van der Waals surface area contributed by atoms with Gasteiger partial charge in [0, 0.05) is 19.4 Å². The summed E-state index contributed by atoms with van der Waals surface area (Å²) in [5.74, 6) is -1.75. The first-order chi connectivity index (χ1) is 10.5. The molecule has 22 heavy (non-hydrogen) atoms. The van der Waals surface area contributed by atoms with Crippen LogP contribution in [0.5, 0.6) is 0 Å². The van der Waals surface area contributed by atoms with Crippen molar-refractivity contribution < 1.29 is 23.9 Å². The summed E-state index contributed by atoms with van der Waals surface area (Å²) in [5, 5.41) is 8.63. The van der Waals surface area contributed by atoms with E-state index in [-0.39, 0.29) is 13.2 Å². The second kappa shape index (κ2) is 8.45. The molecule has 0 atom stereocenters. The molecule has 120 valence electrons. The van der Waals surface area contributed by atoms with Crippen molar-refractivity contribution in [2.24, 2.45) is 7.05 Å². The van der Waals surface area contributed by atoms with E-state index in [4.69, 9.17) is 9.47 Å². The smallest absolute Gasteiger partial charge is 0.347 e. The summed E-state index contributed by atoms with van der Waals surface area (Å²) in [6.45, 7) is 3.39. The minimum Gasteiger partial charge on any atom is -0.462 e. The molecule has 0 aliphatic carbocycles. The number of esters is 2. The number of rotatable bonds is 6. The third-order valence-corrected chi connectivity index (χ3v) is 2.30. The summed E-state index contributed by atoms with van der Waals surface area (Å²) in [7, 11) is 1.70. The number of ether oxygens (including phenoxy) is 2. The fourth-order valence-electron chi connectivity index (χ4n) is 1.41. The number of hydrogen-bond acceptors (Lipinski definition) is 6. The predicted octanol–water partition coefficient (Wildman–Crippen LogP) is 0.552. The van der Waals surface area contributed by atoms with Crippen LogP contribution in [0.15, 0.2) is 24.2 Å².